The Morgan fingerprint density at radius 1 is 1.00 bits per heavy atom. The molecule has 2 aromatic carbocycles. The zero-order chi connectivity index (χ0) is 15.1. The Kier molecular flexibility index (Phi) is 5.97. The van der Waals surface area contributed by atoms with E-state index in [1.165, 1.54) is 22.3 Å². The molecule has 0 aliphatic heterocycles. The van der Waals surface area contributed by atoms with Crippen LogP contribution in [0.5, 0.6) is 0 Å². The average molecular weight is 282 g/mol. The number of unbranched alkanes of at least 4 members (excludes halogenated alkanes) is 1. The third-order valence-corrected chi connectivity index (χ3v) is 3.85. The largest absolute Gasteiger partial charge is 0.330 e. The maximum atomic E-state index is 5.58. The van der Waals surface area contributed by atoms with Crippen molar-refractivity contribution in [2.75, 3.05) is 13.1 Å². The monoisotopic (exact) mass is 282 g/mol. The van der Waals surface area contributed by atoms with Gasteiger partial charge < -0.3 is 11.1 Å². The summed E-state index contributed by atoms with van der Waals surface area (Å²) in [5.74, 6) is 0. The van der Waals surface area contributed by atoms with Gasteiger partial charge in [0.25, 0.3) is 0 Å². The molecular weight excluding hydrogens is 256 g/mol. The SMILES string of the molecule is Cc1ccc(C(NCCCCN)c2ccccc2)c(C)c1. The van der Waals surface area contributed by atoms with Gasteiger partial charge in [-0.3, -0.25) is 0 Å². The van der Waals surface area contributed by atoms with Gasteiger partial charge in [-0.05, 0) is 56.5 Å². The second kappa shape index (κ2) is 7.96. The number of hydrogen-bond donors (Lipinski definition) is 2. The van der Waals surface area contributed by atoms with Crippen molar-refractivity contribution in [1.82, 2.24) is 5.32 Å². The number of benzene rings is 2. The van der Waals surface area contributed by atoms with E-state index in [1.54, 1.807) is 0 Å². The summed E-state index contributed by atoms with van der Waals surface area (Å²) >= 11 is 0. The van der Waals surface area contributed by atoms with Crippen LogP contribution in [-0.2, 0) is 0 Å². The van der Waals surface area contributed by atoms with E-state index in [2.05, 4.69) is 67.7 Å². The van der Waals surface area contributed by atoms with Gasteiger partial charge in [0, 0.05) is 0 Å². The van der Waals surface area contributed by atoms with E-state index in [1.807, 2.05) is 0 Å². The van der Waals surface area contributed by atoms with Gasteiger partial charge in [-0.25, -0.2) is 0 Å². The topological polar surface area (TPSA) is 38.0 Å². The van der Waals surface area contributed by atoms with Crippen LogP contribution >= 0.6 is 0 Å². The van der Waals surface area contributed by atoms with Crippen LogP contribution in [0.1, 0.15) is 41.1 Å². The molecule has 0 fully saturated rings. The van der Waals surface area contributed by atoms with Crippen molar-refractivity contribution < 1.29 is 0 Å². The van der Waals surface area contributed by atoms with Crippen molar-refractivity contribution in [2.45, 2.75) is 32.7 Å². The molecule has 3 N–H and O–H groups in total. The Hall–Kier alpha value is -1.64. The molecule has 0 spiro atoms. The van der Waals surface area contributed by atoms with Gasteiger partial charge in [0.15, 0.2) is 0 Å². The zero-order valence-corrected chi connectivity index (χ0v) is 13.1. The van der Waals surface area contributed by atoms with E-state index in [0.717, 1.165) is 25.9 Å². The molecular formula is C19H26N2. The predicted octanol–water partition coefficient (Wildman–Crippen LogP) is 3.72. The molecule has 2 rings (SSSR count). The molecule has 0 amide bonds. The Labute approximate surface area is 128 Å². The van der Waals surface area contributed by atoms with Gasteiger partial charge in [0.2, 0.25) is 0 Å². The highest BCUT2D eigenvalue weighted by atomic mass is 14.9. The highest BCUT2D eigenvalue weighted by Gasteiger charge is 2.15. The second-order valence-corrected chi connectivity index (χ2v) is 5.65. The Bertz CT molecular complexity index is 549. The second-order valence-electron chi connectivity index (χ2n) is 5.65. The van der Waals surface area contributed by atoms with E-state index < -0.39 is 0 Å². The molecule has 2 heteroatoms. The molecule has 0 aromatic heterocycles. The number of rotatable bonds is 7. The van der Waals surface area contributed by atoms with Crippen LogP contribution in [0.25, 0.3) is 0 Å². The van der Waals surface area contributed by atoms with Gasteiger partial charge in [-0.15, -0.1) is 0 Å². The lowest BCUT2D eigenvalue weighted by Gasteiger charge is -2.22. The molecule has 2 nitrogen and oxygen atoms in total. The van der Waals surface area contributed by atoms with Gasteiger partial charge >= 0.3 is 0 Å². The van der Waals surface area contributed by atoms with Crippen molar-refractivity contribution in [3.8, 4) is 0 Å². The minimum absolute atomic E-state index is 0.254. The number of aryl methyl sites for hydroxylation is 2. The molecule has 1 unspecified atom stereocenters. The van der Waals surface area contributed by atoms with Crippen LogP contribution in [0.4, 0.5) is 0 Å². The predicted molar refractivity (Wildman–Crippen MR) is 90.5 cm³/mol. The lowest BCUT2D eigenvalue weighted by Crippen LogP contribution is -2.24. The Morgan fingerprint density at radius 2 is 1.76 bits per heavy atom. The first-order valence-corrected chi connectivity index (χ1v) is 7.78. The molecule has 0 radical (unpaired) electrons. The van der Waals surface area contributed by atoms with E-state index in [-0.39, 0.29) is 6.04 Å². The number of nitrogens with two attached hydrogens (primary N) is 1. The van der Waals surface area contributed by atoms with Crippen molar-refractivity contribution in [1.29, 1.82) is 0 Å². The summed E-state index contributed by atoms with van der Waals surface area (Å²) in [5, 5.41) is 3.69. The van der Waals surface area contributed by atoms with Crippen molar-refractivity contribution in [2.24, 2.45) is 5.73 Å². The fraction of sp³-hybridized carbons (Fsp3) is 0.368. The molecule has 112 valence electrons. The smallest absolute Gasteiger partial charge is 0.0579 e. The first-order chi connectivity index (χ1) is 10.2. The Balaban J connectivity index is 2.23. The Morgan fingerprint density at radius 3 is 2.43 bits per heavy atom. The molecule has 2 aromatic rings. The van der Waals surface area contributed by atoms with E-state index in [0.29, 0.717) is 0 Å². The van der Waals surface area contributed by atoms with Crippen LogP contribution in [0.3, 0.4) is 0 Å². The lowest BCUT2D eigenvalue weighted by atomic mass is 9.93. The number of nitrogens with one attached hydrogen (secondary N) is 1. The van der Waals surface area contributed by atoms with Crippen LogP contribution in [-0.4, -0.2) is 13.1 Å². The summed E-state index contributed by atoms with van der Waals surface area (Å²) in [6, 6.07) is 17.6. The summed E-state index contributed by atoms with van der Waals surface area (Å²) < 4.78 is 0. The first-order valence-electron chi connectivity index (χ1n) is 7.78. The van der Waals surface area contributed by atoms with Crippen LogP contribution in [0.2, 0.25) is 0 Å². The lowest BCUT2D eigenvalue weighted by molar-refractivity contribution is 0.570. The molecule has 0 bridgehead atoms. The fourth-order valence-electron chi connectivity index (χ4n) is 2.72. The quantitative estimate of drug-likeness (QED) is 0.760. The van der Waals surface area contributed by atoms with Gasteiger partial charge in [0.1, 0.15) is 0 Å². The maximum absolute atomic E-state index is 5.58. The minimum atomic E-state index is 0.254. The molecule has 0 heterocycles. The standard InChI is InChI=1S/C19H26N2/c1-15-10-11-18(16(2)14-15)19(21-13-7-6-12-20)17-8-4-3-5-9-17/h3-5,8-11,14,19,21H,6-7,12-13,20H2,1-2H3. The van der Waals surface area contributed by atoms with E-state index in [9.17, 15) is 0 Å². The molecule has 1 atom stereocenters. The zero-order valence-electron chi connectivity index (χ0n) is 13.1. The van der Waals surface area contributed by atoms with E-state index >= 15 is 0 Å². The fourth-order valence-corrected chi connectivity index (χ4v) is 2.72. The summed E-state index contributed by atoms with van der Waals surface area (Å²) in [7, 11) is 0. The minimum Gasteiger partial charge on any atom is -0.330 e. The van der Waals surface area contributed by atoms with Crippen molar-refractivity contribution in [3.05, 3.63) is 70.8 Å². The molecule has 0 aliphatic carbocycles. The summed E-state index contributed by atoms with van der Waals surface area (Å²) in [4.78, 5) is 0. The average Bonchev–Trinajstić information content (AvgIpc) is 2.49. The number of hydrogen-bond acceptors (Lipinski definition) is 2. The normalized spacial score (nSPS) is 12.3. The van der Waals surface area contributed by atoms with Crippen molar-refractivity contribution in [3.63, 3.8) is 0 Å². The van der Waals surface area contributed by atoms with Crippen LogP contribution < -0.4 is 11.1 Å². The third kappa shape index (κ3) is 4.42. The summed E-state index contributed by atoms with van der Waals surface area (Å²) in [6.45, 7) is 6.09. The van der Waals surface area contributed by atoms with Crippen molar-refractivity contribution >= 4 is 0 Å². The van der Waals surface area contributed by atoms with Gasteiger partial charge in [0.05, 0.1) is 6.04 Å². The van der Waals surface area contributed by atoms with Gasteiger partial charge in [-0.1, -0.05) is 54.1 Å². The van der Waals surface area contributed by atoms with Crippen LogP contribution in [0.15, 0.2) is 48.5 Å². The van der Waals surface area contributed by atoms with Crippen LogP contribution in [0, 0.1) is 13.8 Å². The molecule has 0 saturated heterocycles. The highest BCUT2D eigenvalue weighted by Crippen LogP contribution is 2.25. The maximum Gasteiger partial charge on any atom is 0.0579 e. The molecule has 0 saturated carbocycles. The first kappa shape index (κ1) is 15.7. The van der Waals surface area contributed by atoms with E-state index in [4.69, 9.17) is 5.73 Å². The van der Waals surface area contributed by atoms with Gasteiger partial charge in [-0.2, -0.15) is 0 Å². The molecule has 0 aliphatic rings. The summed E-state index contributed by atoms with van der Waals surface area (Å²) in [5.41, 5.74) is 10.9. The summed E-state index contributed by atoms with van der Waals surface area (Å²) in [6.07, 6.45) is 2.19. The molecule has 21 heavy (non-hydrogen) atoms. The third-order valence-electron chi connectivity index (χ3n) is 3.85. The highest BCUT2D eigenvalue weighted by molar-refractivity contribution is 5.38.